The summed E-state index contributed by atoms with van der Waals surface area (Å²) < 4.78 is 1.87. The van der Waals surface area contributed by atoms with Crippen molar-refractivity contribution in [1.82, 2.24) is 19.4 Å². The molecule has 1 saturated heterocycles. The van der Waals surface area contributed by atoms with Crippen molar-refractivity contribution in [2.45, 2.75) is 18.9 Å². The molecular formula is C23H19N5O2. The first-order valence-corrected chi connectivity index (χ1v) is 9.92. The summed E-state index contributed by atoms with van der Waals surface area (Å²) in [5.41, 5.74) is 3.40. The van der Waals surface area contributed by atoms with Crippen LogP contribution in [0, 0.1) is 17.2 Å². The van der Waals surface area contributed by atoms with Gasteiger partial charge in [0.05, 0.1) is 17.2 Å². The average Bonchev–Trinajstić information content (AvgIpc) is 2.80. The van der Waals surface area contributed by atoms with Gasteiger partial charge >= 0.3 is 0 Å². The van der Waals surface area contributed by atoms with Gasteiger partial charge in [0, 0.05) is 54.8 Å². The molecule has 4 heterocycles. The standard InChI is InChI=1S/C23H19N5O2/c24-8-15-1-3-17(4-2-15)22(29)27-11-16-7-18(13-27)21-6-5-20(23(30)28(21)12-16)19-9-25-14-26-10-19/h1-6,9-10,14,16,18H,7,11-13H2/t16-,18+/m0/s1. The van der Waals surface area contributed by atoms with Crippen LogP contribution in [0.3, 0.4) is 0 Å². The molecule has 5 rings (SSSR count). The number of hydrogen-bond donors (Lipinski definition) is 0. The van der Waals surface area contributed by atoms with Gasteiger partial charge in [-0.1, -0.05) is 0 Å². The van der Waals surface area contributed by atoms with Crippen molar-refractivity contribution in [2.24, 2.45) is 5.92 Å². The lowest BCUT2D eigenvalue weighted by molar-refractivity contribution is 0.0594. The molecule has 1 amide bonds. The molecule has 2 aliphatic heterocycles. The maximum Gasteiger partial charge on any atom is 0.258 e. The molecular weight excluding hydrogens is 378 g/mol. The first-order valence-electron chi connectivity index (χ1n) is 9.92. The zero-order chi connectivity index (χ0) is 20.7. The van der Waals surface area contributed by atoms with Gasteiger partial charge in [0.2, 0.25) is 0 Å². The van der Waals surface area contributed by atoms with Crippen LogP contribution < -0.4 is 5.56 Å². The number of benzene rings is 1. The summed E-state index contributed by atoms with van der Waals surface area (Å²) in [5, 5.41) is 8.95. The zero-order valence-electron chi connectivity index (χ0n) is 16.2. The maximum absolute atomic E-state index is 13.1. The van der Waals surface area contributed by atoms with Crippen molar-refractivity contribution in [2.75, 3.05) is 13.1 Å². The number of carbonyl (C=O) groups is 1. The third-order valence-electron chi connectivity index (χ3n) is 6.02. The number of piperidine rings is 1. The number of carbonyl (C=O) groups excluding carboxylic acids is 1. The van der Waals surface area contributed by atoms with Gasteiger partial charge in [0.25, 0.3) is 11.5 Å². The van der Waals surface area contributed by atoms with E-state index in [2.05, 4.69) is 16.0 Å². The molecule has 0 saturated carbocycles. The van der Waals surface area contributed by atoms with Gasteiger partial charge in [-0.2, -0.15) is 5.26 Å². The molecule has 30 heavy (non-hydrogen) atoms. The number of likely N-dealkylation sites (tertiary alicyclic amines) is 1. The lowest BCUT2D eigenvalue weighted by Gasteiger charge is -2.43. The molecule has 7 nitrogen and oxygen atoms in total. The Balaban J connectivity index is 1.44. The van der Waals surface area contributed by atoms with Crippen molar-refractivity contribution < 1.29 is 4.79 Å². The third-order valence-corrected chi connectivity index (χ3v) is 6.02. The topological polar surface area (TPSA) is 91.9 Å². The zero-order valence-corrected chi connectivity index (χ0v) is 16.2. The van der Waals surface area contributed by atoms with E-state index in [0.717, 1.165) is 12.1 Å². The van der Waals surface area contributed by atoms with E-state index in [4.69, 9.17) is 5.26 Å². The maximum atomic E-state index is 13.1. The Morgan fingerprint density at radius 2 is 1.80 bits per heavy atom. The number of amides is 1. The van der Waals surface area contributed by atoms with E-state index in [1.807, 2.05) is 21.6 Å². The number of pyridine rings is 1. The monoisotopic (exact) mass is 397 g/mol. The SMILES string of the molecule is N#Cc1ccc(C(=O)N2C[C@@H]3C[C@H](C2)c2ccc(-c4cncnc4)c(=O)n2C3)cc1. The van der Waals surface area contributed by atoms with Crippen molar-refractivity contribution in [3.8, 4) is 17.2 Å². The largest absolute Gasteiger partial charge is 0.338 e. The molecule has 3 aromatic rings. The Morgan fingerprint density at radius 1 is 1.03 bits per heavy atom. The molecule has 2 bridgehead atoms. The summed E-state index contributed by atoms with van der Waals surface area (Å²) in [6.07, 6.45) is 5.73. The van der Waals surface area contributed by atoms with Crippen LogP contribution in [0.4, 0.5) is 0 Å². The van der Waals surface area contributed by atoms with Crippen LogP contribution in [0.15, 0.2) is 59.9 Å². The van der Waals surface area contributed by atoms with E-state index < -0.39 is 0 Å². The fraction of sp³-hybridized carbons (Fsp3) is 0.261. The Hall–Kier alpha value is -3.79. The summed E-state index contributed by atoms with van der Waals surface area (Å²) in [5.74, 6) is 0.343. The quantitative estimate of drug-likeness (QED) is 0.662. The summed E-state index contributed by atoms with van der Waals surface area (Å²) in [7, 11) is 0. The average molecular weight is 397 g/mol. The highest BCUT2D eigenvalue weighted by molar-refractivity contribution is 5.94. The number of nitrogens with zero attached hydrogens (tertiary/aromatic N) is 5. The van der Waals surface area contributed by atoms with Gasteiger partial charge in [-0.05, 0) is 48.7 Å². The molecule has 2 aromatic heterocycles. The summed E-state index contributed by atoms with van der Waals surface area (Å²) in [6, 6.07) is 12.7. The number of rotatable bonds is 2. The van der Waals surface area contributed by atoms with E-state index in [1.165, 1.54) is 6.33 Å². The summed E-state index contributed by atoms with van der Waals surface area (Å²) in [4.78, 5) is 36.1. The van der Waals surface area contributed by atoms with E-state index in [-0.39, 0.29) is 23.3 Å². The van der Waals surface area contributed by atoms with Crippen LogP contribution >= 0.6 is 0 Å². The van der Waals surface area contributed by atoms with E-state index in [0.29, 0.717) is 41.9 Å². The number of hydrogen-bond acceptors (Lipinski definition) is 5. The van der Waals surface area contributed by atoms with Gasteiger partial charge in [0.15, 0.2) is 0 Å². The van der Waals surface area contributed by atoms with E-state index >= 15 is 0 Å². The van der Waals surface area contributed by atoms with Crippen molar-refractivity contribution >= 4 is 5.91 Å². The Morgan fingerprint density at radius 3 is 2.53 bits per heavy atom. The molecule has 0 N–H and O–H groups in total. The summed E-state index contributed by atoms with van der Waals surface area (Å²) >= 11 is 0. The Kier molecular flexibility index (Phi) is 4.40. The van der Waals surface area contributed by atoms with Crippen LogP contribution in [0.5, 0.6) is 0 Å². The number of fused-ring (bicyclic) bond motifs is 4. The lowest BCUT2D eigenvalue weighted by Crippen LogP contribution is -2.49. The van der Waals surface area contributed by atoms with E-state index in [1.54, 1.807) is 36.7 Å². The summed E-state index contributed by atoms with van der Waals surface area (Å²) in [6.45, 7) is 1.81. The molecule has 2 atom stereocenters. The van der Waals surface area contributed by atoms with Gasteiger partial charge in [-0.25, -0.2) is 9.97 Å². The van der Waals surface area contributed by atoms with Crippen LogP contribution in [-0.4, -0.2) is 38.4 Å². The predicted octanol–water partition coefficient (Wildman–Crippen LogP) is 2.44. The molecule has 1 aromatic carbocycles. The van der Waals surface area contributed by atoms with Gasteiger partial charge < -0.3 is 9.47 Å². The first kappa shape index (κ1) is 18.3. The lowest BCUT2D eigenvalue weighted by atomic mass is 9.82. The Bertz CT molecular complexity index is 1210. The molecule has 0 aliphatic carbocycles. The molecule has 7 heteroatoms. The van der Waals surface area contributed by atoms with Gasteiger partial charge in [0.1, 0.15) is 6.33 Å². The second kappa shape index (κ2) is 7.23. The molecule has 0 spiro atoms. The molecule has 148 valence electrons. The first-order chi connectivity index (χ1) is 14.6. The van der Waals surface area contributed by atoms with Gasteiger partial charge in [-0.15, -0.1) is 0 Å². The number of aromatic nitrogens is 3. The molecule has 2 aliphatic rings. The van der Waals surface area contributed by atoms with E-state index in [9.17, 15) is 9.59 Å². The van der Waals surface area contributed by atoms with Crippen LogP contribution in [0.25, 0.3) is 11.1 Å². The second-order valence-corrected chi connectivity index (χ2v) is 7.91. The van der Waals surface area contributed by atoms with Crippen molar-refractivity contribution in [1.29, 1.82) is 5.26 Å². The molecule has 0 radical (unpaired) electrons. The molecule has 0 unspecified atom stereocenters. The number of nitriles is 1. The molecule has 1 fully saturated rings. The van der Waals surface area contributed by atoms with Crippen molar-refractivity contribution in [3.05, 3.63) is 82.3 Å². The predicted molar refractivity (Wildman–Crippen MR) is 110 cm³/mol. The highest BCUT2D eigenvalue weighted by Gasteiger charge is 2.37. The van der Waals surface area contributed by atoms with Gasteiger partial charge in [-0.3, -0.25) is 9.59 Å². The van der Waals surface area contributed by atoms with Crippen LogP contribution in [0.1, 0.15) is 34.0 Å². The fourth-order valence-electron chi connectivity index (χ4n) is 4.64. The highest BCUT2D eigenvalue weighted by Crippen LogP contribution is 2.36. The Labute approximate surface area is 173 Å². The third kappa shape index (κ3) is 3.07. The minimum absolute atomic E-state index is 0.0242. The van der Waals surface area contributed by atoms with Crippen LogP contribution in [0.2, 0.25) is 0 Å². The van der Waals surface area contributed by atoms with Crippen molar-refractivity contribution in [3.63, 3.8) is 0 Å². The van der Waals surface area contributed by atoms with Crippen LogP contribution in [-0.2, 0) is 6.54 Å². The smallest absolute Gasteiger partial charge is 0.258 e. The highest BCUT2D eigenvalue weighted by atomic mass is 16.2. The fourth-order valence-corrected chi connectivity index (χ4v) is 4.64. The normalized spacial score (nSPS) is 19.6. The minimum atomic E-state index is -0.0250. The minimum Gasteiger partial charge on any atom is -0.338 e. The second-order valence-electron chi connectivity index (χ2n) is 7.91.